The quantitative estimate of drug-likeness (QED) is 0.399. The summed E-state index contributed by atoms with van der Waals surface area (Å²) in [5, 5.41) is 11.7. The Balaban J connectivity index is 0.000000211. The number of benzene rings is 1. The van der Waals surface area contributed by atoms with Crippen LogP contribution in [0.25, 0.3) is 22.8 Å². The van der Waals surface area contributed by atoms with E-state index in [-0.39, 0.29) is 23.4 Å². The number of alkyl halides is 3. The van der Waals surface area contributed by atoms with E-state index in [1.165, 1.54) is 18.8 Å². The van der Waals surface area contributed by atoms with Gasteiger partial charge in [-0.3, -0.25) is 14.0 Å². The van der Waals surface area contributed by atoms with Gasteiger partial charge >= 0.3 is 6.18 Å². The van der Waals surface area contributed by atoms with Gasteiger partial charge < -0.3 is 14.6 Å². The topological polar surface area (TPSA) is 112 Å². The van der Waals surface area contributed by atoms with E-state index in [1.807, 2.05) is 24.3 Å². The van der Waals surface area contributed by atoms with Crippen LogP contribution in [0.5, 0.6) is 0 Å². The van der Waals surface area contributed by atoms with Crippen molar-refractivity contribution in [3.8, 4) is 28.9 Å². The summed E-state index contributed by atoms with van der Waals surface area (Å²) in [5.74, 6) is 1.80. The molecule has 8 nitrogen and oxygen atoms in total. The highest BCUT2D eigenvalue weighted by molar-refractivity contribution is 7.85. The van der Waals surface area contributed by atoms with Gasteiger partial charge in [0.05, 0.1) is 11.6 Å². The maximum absolute atomic E-state index is 12.6. The molecule has 2 saturated carbocycles. The lowest BCUT2D eigenvalue weighted by atomic mass is 9.88. The van der Waals surface area contributed by atoms with Crippen LogP contribution < -0.4 is 10.2 Å². The van der Waals surface area contributed by atoms with Gasteiger partial charge in [-0.25, -0.2) is 4.98 Å². The molecule has 0 atom stereocenters. The number of amides is 1. The molecule has 222 valence electrons. The summed E-state index contributed by atoms with van der Waals surface area (Å²) in [7, 11) is -0.723. The third-order valence-corrected chi connectivity index (χ3v) is 9.10. The molecule has 0 unspecified atom stereocenters. The molecule has 1 aliphatic heterocycles. The molecule has 0 spiro atoms. The molecular formula is C30H32F3N5O3S. The molecule has 1 amide bonds. The van der Waals surface area contributed by atoms with Gasteiger partial charge in [-0.2, -0.15) is 18.4 Å². The number of nitrogens with one attached hydrogen (secondary N) is 1. The van der Waals surface area contributed by atoms with Crippen molar-refractivity contribution in [1.29, 1.82) is 5.26 Å². The zero-order chi connectivity index (χ0) is 29.7. The second-order valence-corrected chi connectivity index (χ2v) is 12.6. The lowest BCUT2D eigenvalue weighted by Gasteiger charge is -2.28. The molecule has 6 rings (SSSR count). The summed E-state index contributed by atoms with van der Waals surface area (Å²) in [6, 6.07) is 12.1. The molecule has 42 heavy (non-hydrogen) atoms. The van der Waals surface area contributed by atoms with E-state index in [0.717, 1.165) is 75.1 Å². The van der Waals surface area contributed by atoms with E-state index < -0.39 is 28.1 Å². The number of halogens is 3. The molecule has 0 bridgehead atoms. The van der Waals surface area contributed by atoms with Crippen LogP contribution in [0.1, 0.15) is 50.5 Å². The Labute approximate surface area is 244 Å². The Hall–Kier alpha value is -3.72. The molecule has 2 aromatic heterocycles. The summed E-state index contributed by atoms with van der Waals surface area (Å²) in [6.07, 6.45) is 5.05. The molecular weight excluding hydrogens is 567 g/mol. The molecule has 3 fully saturated rings. The van der Waals surface area contributed by atoms with E-state index in [0.29, 0.717) is 17.2 Å². The number of carbonyl (C=O) groups is 1. The van der Waals surface area contributed by atoms with Crippen LogP contribution >= 0.6 is 0 Å². The van der Waals surface area contributed by atoms with Crippen LogP contribution in [-0.2, 0) is 21.8 Å². The number of pyridine rings is 1. The van der Waals surface area contributed by atoms with Gasteiger partial charge in [-0.15, -0.1) is 0 Å². The average molecular weight is 600 g/mol. The molecule has 1 aromatic carbocycles. The second-order valence-electron chi connectivity index (χ2n) is 10.9. The minimum atomic E-state index is -4.43. The van der Waals surface area contributed by atoms with Crippen molar-refractivity contribution in [1.82, 2.24) is 15.3 Å². The summed E-state index contributed by atoms with van der Waals surface area (Å²) >= 11 is 0. The van der Waals surface area contributed by atoms with Gasteiger partial charge in [0.1, 0.15) is 23.2 Å². The maximum Gasteiger partial charge on any atom is 0.417 e. The highest BCUT2D eigenvalue weighted by atomic mass is 32.2. The number of hydrogen-bond donors (Lipinski definition) is 1. The predicted octanol–water partition coefficient (Wildman–Crippen LogP) is 5.73. The number of oxazole rings is 1. The third-order valence-electron chi connectivity index (χ3n) is 7.82. The minimum absolute atomic E-state index is 0.115. The summed E-state index contributed by atoms with van der Waals surface area (Å²) < 4.78 is 54.8. The van der Waals surface area contributed by atoms with Crippen LogP contribution in [0.2, 0.25) is 0 Å². The number of aromatic nitrogens is 2. The van der Waals surface area contributed by atoms with Crippen molar-refractivity contribution in [3.05, 3.63) is 54.4 Å². The van der Waals surface area contributed by atoms with Gasteiger partial charge in [0, 0.05) is 58.8 Å². The Kier molecular flexibility index (Phi) is 8.96. The van der Waals surface area contributed by atoms with E-state index in [9.17, 15) is 22.2 Å². The van der Waals surface area contributed by atoms with Crippen molar-refractivity contribution in [2.24, 2.45) is 5.92 Å². The van der Waals surface area contributed by atoms with Crippen molar-refractivity contribution in [2.75, 3.05) is 29.5 Å². The number of hydrogen-bond acceptors (Lipinski definition) is 7. The van der Waals surface area contributed by atoms with Gasteiger partial charge in [-0.1, -0.05) is 31.4 Å². The first-order chi connectivity index (χ1) is 20.2. The summed E-state index contributed by atoms with van der Waals surface area (Å²) in [6.45, 7) is 1.53. The van der Waals surface area contributed by atoms with Crippen molar-refractivity contribution < 1.29 is 26.6 Å². The number of carbonyl (C=O) groups excluding carboxylic acids is 1. The average Bonchev–Trinajstić information content (AvgIpc) is 3.61. The SMILES string of the molecule is N#CC1(NC(=O)C2CCCCC2)CC1.O=S1CCN(c2ccc(-c3coc(-c4ccc(C(F)(F)F)cn4)n3)cc2)CC1. The van der Waals surface area contributed by atoms with E-state index in [2.05, 4.69) is 26.3 Å². The van der Waals surface area contributed by atoms with Crippen LogP contribution in [0, 0.1) is 17.2 Å². The molecule has 3 aliphatic rings. The minimum Gasteiger partial charge on any atom is -0.443 e. The molecule has 1 saturated heterocycles. The highest BCUT2D eigenvalue weighted by Crippen LogP contribution is 2.36. The van der Waals surface area contributed by atoms with Crippen LogP contribution in [0.15, 0.2) is 53.3 Å². The van der Waals surface area contributed by atoms with E-state index >= 15 is 0 Å². The van der Waals surface area contributed by atoms with Gasteiger partial charge in [0.25, 0.3) is 0 Å². The molecule has 3 heterocycles. The lowest BCUT2D eigenvalue weighted by molar-refractivity contribution is -0.137. The van der Waals surface area contributed by atoms with Crippen LogP contribution in [0.4, 0.5) is 18.9 Å². The van der Waals surface area contributed by atoms with Crippen LogP contribution in [0.3, 0.4) is 0 Å². The van der Waals surface area contributed by atoms with Gasteiger partial charge in [-0.05, 0) is 49.9 Å². The molecule has 12 heteroatoms. The Morgan fingerprint density at radius 3 is 2.31 bits per heavy atom. The third kappa shape index (κ3) is 7.37. The lowest BCUT2D eigenvalue weighted by Crippen LogP contribution is -2.40. The fourth-order valence-corrected chi connectivity index (χ4v) is 6.10. The number of rotatable bonds is 5. The Morgan fingerprint density at radius 2 is 1.74 bits per heavy atom. The first kappa shape index (κ1) is 29.8. The first-order valence-electron chi connectivity index (χ1n) is 14.1. The normalized spacial score (nSPS) is 18.9. The van der Waals surface area contributed by atoms with Crippen molar-refractivity contribution >= 4 is 22.4 Å². The second kappa shape index (κ2) is 12.7. The largest absolute Gasteiger partial charge is 0.443 e. The summed E-state index contributed by atoms with van der Waals surface area (Å²) in [4.78, 5) is 22.1. The fourth-order valence-electron chi connectivity index (χ4n) is 5.04. The zero-order valence-electron chi connectivity index (χ0n) is 23.0. The molecule has 0 radical (unpaired) electrons. The van der Waals surface area contributed by atoms with Gasteiger partial charge in [0.2, 0.25) is 11.8 Å². The predicted molar refractivity (Wildman–Crippen MR) is 153 cm³/mol. The highest BCUT2D eigenvalue weighted by Gasteiger charge is 2.45. The number of nitrogens with zero attached hydrogens (tertiary/aromatic N) is 4. The van der Waals surface area contributed by atoms with Crippen molar-refractivity contribution in [2.45, 2.75) is 56.7 Å². The molecule has 3 aromatic rings. The summed E-state index contributed by atoms with van der Waals surface area (Å²) in [5.41, 5.74) is 1.38. The fraction of sp³-hybridized carbons (Fsp3) is 0.467. The number of anilines is 1. The molecule has 1 N–H and O–H groups in total. The zero-order valence-corrected chi connectivity index (χ0v) is 23.8. The van der Waals surface area contributed by atoms with E-state index in [4.69, 9.17) is 9.68 Å². The Morgan fingerprint density at radius 1 is 1.05 bits per heavy atom. The van der Waals surface area contributed by atoms with Gasteiger partial charge in [0.15, 0.2) is 0 Å². The maximum atomic E-state index is 12.6. The van der Waals surface area contributed by atoms with Crippen molar-refractivity contribution in [3.63, 3.8) is 0 Å². The van der Waals surface area contributed by atoms with E-state index in [1.54, 1.807) is 0 Å². The Bertz CT molecular complexity index is 1430. The standard InChI is InChI=1S/C19H16F3N3O2S.C11H16N2O/c20-19(21,22)14-3-6-16(23-11-14)18-24-17(12-27-18)13-1-4-15(5-2-13)25-7-9-28(26)10-8-25;12-8-11(6-7-11)13-10(14)9-4-2-1-3-5-9/h1-6,11-12H,7-10H2;9H,1-7H2,(H,13,14). The first-order valence-corrected chi connectivity index (χ1v) is 15.6. The van der Waals surface area contributed by atoms with Crippen LogP contribution in [-0.4, -0.2) is 50.2 Å². The monoisotopic (exact) mass is 599 g/mol. The number of nitriles is 1. The molecule has 2 aliphatic carbocycles. The smallest absolute Gasteiger partial charge is 0.417 e.